The minimum Gasteiger partial charge on any atom is -0.350 e. The molecule has 0 saturated carbocycles. The minimum atomic E-state index is -3.48. The van der Waals surface area contributed by atoms with Crippen LogP contribution in [0.1, 0.15) is 41.0 Å². The van der Waals surface area contributed by atoms with Crippen molar-refractivity contribution in [2.75, 3.05) is 5.75 Å². The molecule has 2 atom stereocenters. The zero-order valence-corrected chi connectivity index (χ0v) is 12.1. The van der Waals surface area contributed by atoms with Crippen molar-refractivity contribution in [2.24, 2.45) is 5.73 Å². The third kappa shape index (κ3) is 5.50. The van der Waals surface area contributed by atoms with Gasteiger partial charge >= 0.3 is 0 Å². The first kappa shape index (κ1) is 16.4. The fourth-order valence-electron chi connectivity index (χ4n) is 1.20. The molecule has 0 fully saturated rings. The van der Waals surface area contributed by atoms with Gasteiger partial charge < -0.3 is 11.1 Å². The number of hydrogen-bond donors (Lipinski definition) is 2. The number of nitrogens with one attached hydrogen (secondary N) is 1. The number of carbonyl (C=O) groups excluding carboxylic acids is 1. The zero-order valence-electron chi connectivity index (χ0n) is 11.3. The van der Waals surface area contributed by atoms with E-state index in [0.29, 0.717) is 0 Å². The van der Waals surface area contributed by atoms with Crippen LogP contribution in [-0.4, -0.2) is 36.9 Å². The number of nitrogens with two attached hydrogens (primary N) is 1. The van der Waals surface area contributed by atoms with Gasteiger partial charge in [0.05, 0.1) is 5.75 Å². The van der Waals surface area contributed by atoms with Crippen molar-refractivity contribution >= 4 is 15.7 Å². The molecular weight excluding hydrogens is 240 g/mol. The summed E-state index contributed by atoms with van der Waals surface area (Å²) in [6, 6.07) is -0.463. The third-order valence-electron chi connectivity index (χ3n) is 2.75. The number of amides is 1. The van der Waals surface area contributed by atoms with E-state index < -0.39 is 32.6 Å². The maximum atomic E-state index is 11.8. The van der Waals surface area contributed by atoms with Gasteiger partial charge in [-0.2, -0.15) is 0 Å². The van der Waals surface area contributed by atoms with E-state index in [9.17, 15) is 13.2 Å². The van der Waals surface area contributed by atoms with Crippen molar-refractivity contribution in [1.29, 1.82) is 0 Å². The fraction of sp³-hybridized carbons (Fsp3) is 0.909. The Bertz CT molecular complexity index is 361. The van der Waals surface area contributed by atoms with E-state index in [1.54, 1.807) is 6.92 Å². The molecule has 0 aliphatic heterocycles. The van der Waals surface area contributed by atoms with Crippen molar-refractivity contribution in [3.05, 3.63) is 0 Å². The average Bonchev–Trinajstić information content (AvgIpc) is 2.14. The van der Waals surface area contributed by atoms with Crippen molar-refractivity contribution in [1.82, 2.24) is 5.32 Å². The first-order valence-electron chi connectivity index (χ1n) is 5.81. The van der Waals surface area contributed by atoms with Crippen LogP contribution in [-0.2, 0) is 14.6 Å². The molecular formula is C11H24N2O3S. The van der Waals surface area contributed by atoms with Gasteiger partial charge in [0.25, 0.3) is 0 Å². The zero-order chi connectivity index (χ0) is 13.9. The largest absolute Gasteiger partial charge is 0.350 e. The van der Waals surface area contributed by atoms with Crippen LogP contribution in [0.25, 0.3) is 0 Å². The third-order valence-corrected chi connectivity index (χ3v) is 5.03. The number of hydrogen-bond acceptors (Lipinski definition) is 4. The highest BCUT2D eigenvalue weighted by molar-refractivity contribution is 7.92. The second-order valence-electron chi connectivity index (χ2n) is 5.18. The van der Waals surface area contributed by atoms with Crippen LogP contribution in [0, 0.1) is 0 Å². The van der Waals surface area contributed by atoms with Gasteiger partial charge in [-0.25, -0.2) is 8.42 Å². The summed E-state index contributed by atoms with van der Waals surface area (Å²) in [6.07, 6.45) is 0.735. The van der Waals surface area contributed by atoms with Crippen LogP contribution in [0.2, 0.25) is 0 Å². The molecule has 0 heterocycles. The second-order valence-corrected chi connectivity index (χ2v) is 7.54. The maximum absolute atomic E-state index is 11.8. The predicted octanol–water partition coefficient (Wildman–Crippen LogP) is 0.442. The SMILES string of the molecule is CCC(C)(C)NC(=O)C(C)S(=O)(=O)CC(C)N. The summed E-state index contributed by atoms with van der Waals surface area (Å²) in [5.74, 6) is -0.633. The van der Waals surface area contributed by atoms with Gasteiger partial charge in [-0.15, -0.1) is 0 Å². The van der Waals surface area contributed by atoms with Gasteiger partial charge in [0.2, 0.25) is 5.91 Å². The predicted molar refractivity (Wildman–Crippen MR) is 69.4 cm³/mol. The number of rotatable bonds is 6. The van der Waals surface area contributed by atoms with Crippen LogP contribution in [0.5, 0.6) is 0 Å². The van der Waals surface area contributed by atoms with Crippen molar-refractivity contribution in [2.45, 2.75) is 57.9 Å². The first-order valence-corrected chi connectivity index (χ1v) is 7.52. The summed E-state index contributed by atoms with van der Waals surface area (Å²) in [5, 5.41) is 1.67. The lowest BCUT2D eigenvalue weighted by Gasteiger charge is -2.26. The highest BCUT2D eigenvalue weighted by Gasteiger charge is 2.31. The van der Waals surface area contributed by atoms with Gasteiger partial charge in [-0.1, -0.05) is 6.92 Å². The normalized spacial score (nSPS) is 16.4. The molecule has 5 nitrogen and oxygen atoms in total. The van der Waals surface area contributed by atoms with Gasteiger partial charge in [0.1, 0.15) is 5.25 Å². The Kier molecular flexibility index (Phi) is 5.61. The molecule has 0 radical (unpaired) electrons. The van der Waals surface area contributed by atoms with Crippen LogP contribution in [0.3, 0.4) is 0 Å². The Morgan fingerprint density at radius 2 is 1.82 bits per heavy atom. The molecule has 0 spiro atoms. The lowest BCUT2D eigenvalue weighted by Crippen LogP contribution is -2.49. The molecule has 0 aliphatic carbocycles. The molecule has 0 aromatic carbocycles. The van der Waals surface area contributed by atoms with E-state index in [0.717, 1.165) is 6.42 Å². The Morgan fingerprint density at radius 3 is 2.18 bits per heavy atom. The van der Waals surface area contributed by atoms with Crippen molar-refractivity contribution in [3.63, 3.8) is 0 Å². The number of sulfone groups is 1. The van der Waals surface area contributed by atoms with Crippen LogP contribution < -0.4 is 11.1 Å². The van der Waals surface area contributed by atoms with Crippen LogP contribution in [0.4, 0.5) is 0 Å². The van der Waals surface area contributed by atoms with E-state index in [-0.39, 0.29) is 5.75 Å². The summed E-state index contributed by atoms with van der Waals surface area (Å²) >= 11 is 0. The molecule has 102 valence electrons. The van der Waals surface area contributed by atoms with E-state index in [1.165, 1.54) is 6.92 Å². The van der Waals surface area contributed by atoms with Crippen molar-refractivity contribution in [3.8, 4) is 0 Å². The molecule has 0 bridgehead atoms. The molecule has 1 amide bonds. The molecule has 6 heteroatoms. The molecule has 0 rings (SSSR count). The Labute approximate surface area is 104 Å². The van der Waals surface area contributed by atoms with Gasteiger partial charge in [-0.3, -0.25) is 4.79 Å². The van der Waals surface area contributed by atoms with Crippen LogP contribution in [0.15, 0.2) is 0 Å². The average molecular weight is 264 g/mol. The Balaban J connectivity index is 4.72. The Hall–Kier alpha value is -0.620. The van der Waals surface area contributed by atoms with E-state index in [2.05, 4.69) is 5.32 Å². The Morgan fingerprint density at radius 1 is 1.35 bits per heavy atom. The van der Waals surface area contributed by atoms with Gasteiger partial charge in [-0.05, 0) is 34.1 Å². The molecule has 0 aromatic rings. The monoisotopic (exact) mass is 264 g/mol. The molecule has 17 heavy (non-hydrogen) atoms. The smallest absolute Gasteiger partial charge is 0.238 e. The van der Waals surface area contributed by atoms with Crippen molar-refractivity contribution < 1.29 is 13.2 Å². The molecule has 3 N–H and O–H groups in total. The summed E-state index contributed by atoms with van der Waals surface area (Å²) in [5.41, 5.74) is 5.07. The number of carbonyl (C=O) groups is 1. The van der Waals surface area contributed by atoms with Crippen LogP contribution >= 0.6 is 0 Å². The topological polar surface area (TPSA) is 89.3 Å². The second kappa shape index (κ2) is 5.82. The quantitative estimate of drug-likeness (QED) is 0.728. The fourth-order valence-corrected chi connectivity index (χ4v) is 2.60. The molecule has 2 unspecified atom stereocenters. The summed E-state index contributed by atoms with van der Waals surface area (Å²) in [6.45, 7) is 8.66. The lowest BCUT2D eigenvalue weighted by atomic mass is 10.0. The summed E-state index contributed by atoms with van der Waals surface area (Å²) < 4.78 is 23.6. The summed E-state index contributed by atoms with van der Waals surface area (Å²) in [4.78, 5) is 11.8. The minimum absolute atomic E-state index is 0.172. The van der Waals surface area contributed by atoms with Gasteiger partial charge in [0, 0.05) is 11.6 Å². The standard InChI is InChI=1S/C11H24N2O3S/c1-6-11(4,5)13-10(14)9(3)17(15,16)7-8(2)12/h8-9H,6-7,12H2,1-5H3,(H,13,14). The maximum Gasteiger partial charge on any atom is 0.238 e. The van der Waals surface area contributed by atoms with Gasteiger partial charge in [0.15, 0.2) is 9.84 Å². The molecule has 0 saturated heterocycles. The summed E-state index contributed by atoms with van der Waals surface area (Å²) in [7, 11) is -3.48. The highest BCUT2D eigenvalue weighted by atomic mass is 32.2. The van der Waals surface area contributed by atoms with E-state index in [1.807, 2.05) is 20.8 Å². The lowest BCUT2D eigenvalue weighted by molar-refractivity contribution is -0.122. The molecule has 0 aliphatic rings. The van der Waals surface area contributed by atoms with E-state index in [4.69, 9.17) is 5.73 Å². The molecule has 0 aromatic heterocycles. The highest BCUT2D eigenvalue weighted by Crippen LogP contribution is 2.10. The first-order chi connectivity index (χ1) is 7.52. The van der Waals surface area contributed by atoms with E-state index >= 15 is 0 Å².